The van der Waals surface area contributed by atoms with Crippen LogP contribution in [0.3, 0.4) is 0 Å². The van der Waals surface area contributed by atoms with Crippen LogP contribution in [0.15, 0.2) is 48.5 Å². The zero-order chi connectivity index (χ0) is 15.5. The van der Waals surface area contributed by atoms with Gasteiger partial charge in [-0.05, 0) is 36.2 Å². The number of benzene rings is 2. The summed E-state index contributed by atoms with van der Waals surface area (Å²) in [6, 6.07) is 11.8. The van der Waals surface area contributed by atoms with Gasteiger partial charge in [-0.2, -0.15) is 13.2 Å². The fourth-order valence-electron chi connectivity index (χ4n) is 1.91. The molecule has 0 saturated carbocycles. The van der Waals surface area contributed by atoms with Crippen LogP contribution in [0.5, 0.6) is 5.75 Å². The Balaban J connectivity index is 2.01. The summed E-state index contributed by atoms with van der Waals surface area (Å²) in [5, 5.41) is 0. The van der Waals surface area contributed by atoms with Gasteiger partial charge < -0.3 is 10.5 Å². The van der Waals surface area contributed by atoms with Gasteiger partial charge in [0.15, 0.2) is 0 Å². The van der Waals surface area contributed by atoms with E-state index < -0.39 is 17.8 Å². The Morgan fingerprint density at radius 1 is 1.05 bits per heavy atom. The quantitative estimate of drug-likeness (QED) is 0.922. The molecule has 0 aliphatic rings. The van der Waals surface area contributed by atoms with Crippen molar-refractivity contribution in [2.24, 2.45) is 5.73 Å². The Kier molecular flexibility index (Phi) is 4.53. The Morgan fingerprint density at radius 3 is 2.24 bits per heavy atom. The summed E-state index contributed by atoms with van der Waals surface area (Å²) in [6.07, 6.45) is -4.33. The molecule has 0 amide bonds. The van der Waals surface area contributed by atoms with E-state index >= 15 is 0 Å². The molecule has 0 radical (unpaired) electrons. The van der Waals surface area contributed by atoms with Crippen LogP contribution in [-0.4, -0.2) is 6.61 Å². The number of aryl methyl sites for hydroxylation is 1. The predicted octanol–water partition coefficient (Wildman–Crippen LogP) is 4.09. The van der Waals surface area contributed by atoms with Crippen molar-refractivity contribution < 1.29 is 17.9 Å². The van der Waals surface area contributed by atoms with Crippen LogP contribution in [0.2, 0.25) is 0 Å². The first-order chi connectivity index (χ1) is 9.88. The Hall–Kier alpha value is -2.01. The van der Waals surface area contributed by atoms with Crippen LogP contribution in [0.1, 0.15) is 22.7 Å². The highest BCUT2D eigenvalue weighted by atomic mass is 19.4. The lowest BCUT2D eigenvalue weighted by molar-refractivity contribution is -0.137. The minimum absolute atomic E-state index is 0.205. The van der Waals surface area contributed by atoms with Crippen LogP contribution in [0, 0.1) is 6.92 Å². The maximum Gasteiger partial charge on any atom is 0.416 e. The minimum Gasteiger partial charge on any atom is -0.491 e. The number of halogens is 3. The fraction of sp³-hybridized carbons (Fsp3) is 0.250. The number of hydrogen-bond acceptors (Lipinski definition) is 2. The van der Waals surface area contributed by atoms with E-state index in [-0.39, 0.29) is 6.61 Å². The molecule has 0 heterocycles. The van der Waals surface area contributed by atoms with E-state index in [2.05, 4.69) is 0 Å². The van der Waals surface area contributed by atoms with Gasteiger partial charge in [-0.3, -0.25) is 0 Å². The van der Waals surface area contributed by atoms with Crippen LogP contribution >= 0.6 is 0 Å². The molecule has 1 unspecified atom stereocenters. The highest BCUT2D eigenvalue weighted by Gasteiger charge is 2.30. The van der Waals surface area contributed by atoms with E-state index in [1.165, 1.54) is 12.1 Å². The lowest BCUT2D eigenvalue weighted by Gasteiger charge is -2.15. The second kappa shape index (κ2) is 6.18. The van der Waals surface area contributed by atoms with Gasteiger partial charge in [0.2, 0.25) is 0 Å². The maximum absolute atomic E-state index is 12.5. The zero-order valence-electron chi connectivity index (χ0n) is 11.5. The summed E-state index contributed by atoms with van der Waals surface area (Å²) in [5.41, 5.74) is 6.86. The largest absolute Gasteiger partial charge is 0.491 e. The molecule has 2 nitrogen and oxygen atoms in total. The van der Waals surface area contributed by atoms with E-state index in [0.717, 1.165) is 23.4 Å². The van der Waals surface area contributed by atoms with Gasteiger partial charge in [0.1, 0.15) is 12.4 Å². The molecule has 2 aromatic carbocycles. The molecule has 0 aromatic heterocycles. The maximum atomic E-state index is 12.5. The Labute approximate surface area is 121 Å². The van der Waals surface area contributed by atoms with E-state index in [0.29, 0.717) is 5.56 Å². The predicted molar refractivity (Wildman–Crippen MR) is 75.0 cm³/mol. The van der Waals surface area contributed by atoms with Crippen LogP contribution < -0.4 is 10.5 Å². The molecule has 0 bridgehead atoms. The third-order valence-electron chi connectivity index (χ3n) is 3.18. The van der Waals surface area contributed by atoms with Crippen LogP contribution in [0.25, 0.3) is 0 Å². The molecule has 0 spiro atoms. The molecular weight excluding hydrogens is 279 g/mol. The summed E-state index contributed by atoms with van der Waals surface area (Å²) in [7, 11) is 0. The number of nitrogens with two attached hydrogens (primary N) is 1. The summed E-state index contributed by atoms with van der Waals surface area (Å²) in [4.78, 5) is 0. The van der Waals surface area contributed by atoms with Crippen molar-refractivity contribution in [3.05, 3.63) is 65.2 Å². The van der Waals surface area contributed by atoms with Gasteiger partial charge in [-0.1, -0.05) is 30.3 Å². The third kappa shape index (κ3) is 3.98. The fourth-order valence-corrected chi connectivity index (χ4v) is 1.91. The lowest BCUT2D eigenvalue weighted by atomic mass is 10.1. The van der Waals surface area contributed by atoms with Crippen molar-refractivity contribution >= 4 is 0 Å². The van der Waals surface area contributed by atoms with Gasteiger partial charge in [-0.15, -0.1) is 0 Å². The number of alkyl halides is 3. The first kappa shape index (κ1) is 15.4. The summed E-state index contributed by atoms with van der Waals surface area (Å²) in [6.45, 7) is 2.12. The van der Waals surface area contributed by atoms with Gasteiger partial charge in [0, 0.05) is 0 Å². The number of rotatable bonds is 4. The second-order valence-electron chi connectivity index (χ2n) is 4.80. The monoisotopic (exact) mass is 295 g/mol. The first-order valence-electron chi connectivity index (χ1n) is 6.49. The van der Waals surface area contributed by atoms with Crippen molar-refractivity contribution in [1.82, 2.24) is 0 Å². The van der Waals surface area contributed by atoms with Crippen molar-refractivity contribution in [1.29, 1.82) is 0 Å². The van der Waals surface area contributed by atoms with Crippen LogP contribution in [-0.2, 0) is 6.18 Å². The highest BCUT2D eigenvalue weighted by molar-refractivity contribution is 5.32. The number of hydrogen-bond donors (Lipinski definition) is 1. The molecule has 0 aliphatic carbocycles. The number of ether oxygens (including phenoxy) is 1. The summed E-state index contributed by atoms with van der Waals surface area (Å²) in [5.74, 6) is 0.722. The standard InChI is InChI=1S/C16H16F3NO/c1-11-4-2-3-5-15(11)21-10-14(20)12-6-8-13(9-7-12)16(17,18)19/h2-9,14H,10,20H2,1H3. The van der Waals surface area contributed by atoms with Crippen molar-refractivity contribution in [2.45, 2.75) is 19.1 Å². The average molecular weight is 295 g/mol. The third-order valence-corrected chi connectivity index (χ3v) is 3.18. The first-order valence-corrected chi connectivity index (χ1v) is 6.49. The smallest absolute Gasteiger partial charge is 0.416 e. The molecule has 2 N–H and O–H groups in total. The molecule has 112 valence electrons. The number of para-hydroxylation sites is 1. The van der Waals surface area contributed by atoms with E-state index in [1.54, 1.807) is 0 Å². The van der Waals surface area contributed by atoms with Crippen molar-refractivity contribution in [3.63, 3.8) is 0 Å². The molecule has 5 heteroatoms. The SMILES string of the molecule is Cc1ccccc1OCC(N)c1ccc(C(F)(F)F)cc1. The van der Waals surface area contributed by atoms with E-state index in [1.807, 2.05) is 31.2 Å². The van der Waals surface area contributed by atoms with Crippen molar-refractivity contribution in [2.75, 3.05) is 6.61 Å². The van der Waals surface area contributed by atoms with Gasteiger partial charge >= 0.3 is 6.18 Å². The highest BCUT2D eigenvalue weighted by Crippen LogP contribution is 2.29. The molecule has 21 heavy (non-hydrogen) atoms. The molecule has 2 aromatic rings. The van der Waals surface area contributed by atoms with E-state index in [4.69, 9.17) is 10.5 Å². The Bertz CT molecular complexity index is 593. The minimum atomic E-state index is -4.33. The normalized spacial score (nSPS) is 13.0. The van der Waals surface area contributed by atoms with Gasteiger partial charge in [0.05, 0.1) is 11.6 Å². The second-order valence-corrected chi connectivity index (χ2v) is 4.80. The van der Waals surface area contributed by atoms with Crippen molar-refractivity contribution in [3.8, 4) is 5.75 Å². The molecular formula is C16H16F3NO. The van der Waals surface area contributed by atoms with Gasteiger partial charge in [-0.25, -0.2) is 0 Å². The Morgan fingerprint density at radius 2 is 1.67 bits per heavy atom. The van der Waals surface area contributed by atoms with Crippen LogP contribution in [0.4, 0.5) is 13.2 Å². The summed E-state index contributed by atoms with van der Waals surface area (Å²) < 4.78 is 43.0. The molecule has 0 fully saturated rings. The molecule has 1 atom stereocenters. The summed E-state index contributed by atoms with van der Waals surface area (Å²) >= 11 is 0. The molecule has 0 saturated heterocycles. The topological polar surface area (TPSA) is 35.2 Å². The lowest BCUT2D eigenvalue weighted by Crippen LogP contribution is -2.19. The van der Waals surface area contributed by atoms with E-state index in [9.17, 15) is 13.2 Å². The molecule has 2 rings (SSSR count). The van der Waals surface area contributed by atoms with Gasteiger partial charge in [0.25, 0.3) is 0 Å². The molecule has 0 aliphatic heterocycles. The zero-order valence-corrected chi connectivity index (χ0v) is 11.5. The average Bonchev–Trinajstić information content (AvgIpc) is 2.45.